The van der Waals surface area contributed by atoms with Crippen LogP contribution in [0.2, 0.25) is 0 Å². The molecule has 5 rings (SSSR count). The van der Waals surface area contributed by atoms with E-state index in [1.807, 2.05) is 17.7 Å². The van der Waals surface area contributed by atoms with E-state index < -0.39 is 5.97 Å². The molecule has 2 unspecified atom stereocenters. The molecule has 0 N–H and O–H groups in total. The zero-order valence-electron chi connectivity index (χ0n) is 15.3. The Bertz CT molecular complexity index is 1040. The lowest BCUT2D eigenvalue weighted by molar-refractivity contribution is 0.0602. The van der Waals surface area contributed by atoms with Crippen molar-refractivity contribution in [3.63, 3.8) is 0 Å². The van der Waals surface area contributed by atoms with Crippen molar-refractivity contribution in [1.82, 2.24) is 24.5 Å². The quantitative estimate of drug-likeness (QED) is 0.653. The molecule has 27 heavy (non-hydrogen) atoms. The standard InChI is InChI=1S/C19H20N6O2/c1-11-14(4-21-19(23-11)25-6-12-3-13(12)7-25)8-24-9-16(18(26)27-2)15-5-20-10-22-17(15)24/h4-5,9-10,12-13H,3,6-8H2,1-2H3. The van der Waals surface area contributed by atoms with E-state index >= 15 is 0 Å². The number of ether oxygens (including phenoxy) is 1. The number of anilines is 1. The third-order valence-corrected chi connectivity index (χ3v) is 5.61. The Morgan fingerprint density at radius 2 is 2.07 bits per heavy atom. The normalized spacial score (nSPS) is 20.7. The highest BCUT2D eigenvalue weighted by Gasteiger charge is 2.45. The number of fused-ring (bicyclic) bond motifs is 2. The number of aryl methyl sites for hydroxylation is 1. The van der Waals surface area contributed by atoms with Gasteiger partial charge in [0, 0.05) is 42.9 Å². The maximum absolute atomic E-state index is 12.1. The molecular weight excluding hydrogens is 344 g/mol. The van der Waals surface area contributed by atoms with Gasteiger partial charge in [-0.1, -0.05) is 0 Å². The van der Waals surface area contributed by atoms with Gasteiger partial charge in [0.05, 0.1) is 24.6 Å². The zero-order chi connectivity index (χ0) is 18.5. The maximum atomic E-state index is 12.1. The maximum Gasteiger partial charge on any atom is 0.340 e. The van der Waals surface area contributed by atoms with Crippen molar-refractivity contribution in [2.75, 3.05) is 25.1 Å². The van der Waals surface area contributed by atoms with E-state index in [1.54, 1.807) is 12.4 Å². The van der Waals surface area contributed by atoms with E-state index in [4.69, 9.17) is 9.72 Å². The molecule has 1 saturated heterocycles. The minimum Gasteiger partial charge on any atom is -0.465 e. The van der Waals surface area contributed by atoms with Crippen LogP contribution >= 0.6 is 0 Å². The molecule has 3 aromatic rings. The Morgan fingerprint density at radius 3 is 2.81 bits per heavy atom. The van der Waals surface area contributed by atoms with Crippen LogP contribution in [0.1, 0.15) is 28.0 Å². The number of rotatable bonds is 4. The summed E-state index contributed by atoms with van der Waals surface area (Å²) in [5, 5.41) is 0.677. The molecule has 0 amide bonds. The number of hydrogen-bond donors (Lipinski definition) is 0. The van der Waals surface area contributed by atoms with Crippen LogP contribution in [0.4, 0.5) is 5.95 Å². The highest BCUT2D eigenvalue weighted by molar-refractivity contribution is 6.03. The van der Waals surface area contributed by atoms with Gasteiger partial charge in [-0.25, -0.2) is 24.7 Å². The number of esters is 1. The third kappa shape index (κ3) is 2.72. The van der Waals surface area contributed by atoms with Crippen LogP contribution < -0.4 is 4.90 Å². The Labute approximate surface area is 156 Å². The number of nitrogens with zero attached hydrogens (tertiary/aromatic N) is 6. The fourth-order valence-electron chi connectivity index (χ4n) is 3.95. The second kappa shape index (κ2) is 6.00. The Hall–Kier alpha value is -3.03. The van der Waals surface area contributed by atoms with Crippen molar-refractivity contribution >= 4 is 23.0 Å². The van der Waals surface area contributed by atoms with Crippen LogP contribution in [0.25, 0.3) is 11.0 Å². The Kier molecular flexibility index (Phi) is 3.60. The molecule has 1 aliphatic carbocycles. The minimum absolute atomic E-state index is 0.399. The molecule has 2 atom stereocenters. The van der Waals surface area contributed by atoms with Crippen LogP contribution in [0.3, 0.4) is 0 Å². The molecular formula is C19H20N6O2. The van der Waals surface area contributed by atoms with Crippen LogP contribution in [-0.4, -0.2) is 50.7 Å². The monoisotopic (exact) mass is 364 g/mol. The summed E-state index contributed by atoms with van der Waals surface area (Å²) < 4.78 is 6.79. The highest BCUT2D eigenvalue weighted by Crippen LogP contribution is 2.45. The van der Waals surface area contributed by atoms with Gasteiger partial charge >= 0.3 is 5.97 Å². The number of aromatic nitrogens is 5. The van der Waals surface area contributed by atoms with Gasteiger partial charge in [-0.05, 0) is 25.2 Å². The fraction of sp³-hybridized carbons (Fsp3) is 0.421. The summed E-state index contributed by atoms with van der Waals surface area (Å²) >= 11 is 0. The molecule has 8 heteroatoms. The molecule has 8 nitrogen and oxygen atoms in total. The molecule has 0 spiro atoms. The van der Waals surface area contributed by atoms with Gasteiger partial charge < -0.3 is 14.2 Å². The molecule has 3 aromatic heterocycles. The molecule has 2 aliphatic rings. The fourth-order valence-corrected chi connectivity index (χ4v) is 3.95. The lowest BCUT2D eigenvalue weighted by Crippen LogP contribution is -2.24. The molecule has 1 saturated carbocycles. The van der Waals surface area contributed by atoms with Gasteiger partial charge in [0.15, 0.2) is 0 Å². The van der Waals surface area contributed by atoms with Gasteiger partial charge in [-0.2, -0.15) is 0 Å². The second-order valence-corrected chi connectivity index (χ2v) is 7.36. The summed E-state index contributed by atoms with van der Waals surface area (Å²) in [6.07, 6.45) is 8.11. The van der Waals surface area contributed by atoms with Gasteiger partial charge in [-0.15, -0.1) is 0 Å². The molecule has 0 aromatic carbocycles. The summed E-state index contributed by atoms with van der Waals surface area (Å²) in [6, 6.07) is 0. The predicted octanol–water partition coefficient (Wildman–Crippen LogP) is 1.82. The van der Waals surface area contributed by atoms with E-state index in [0.29, 0.717) is 23.1 Å². The third-order valence-electron chi connectivity index (χ3n) is 5.61. The number of methoxy groups -OCH3 is 1. The average Bonchev–Trinajstić information content (AvgIpc) is 3.13. The zero-order valence-corrected chi connectivity index (χ0v) is 15.3. The number of carbonyl (C=O) groups is 1. The summed E-state index contributed by atoms with van der Waals surface area (Å²) in [6.45, 7) is 4.68. The van der Waals surface area contributed by atoms with E-state index in [-0.39, 0.29) is 0 Å². The first-order valence-electron chi connectivity index (χ1n) is 9.08. The van der Waals surface area contributed by atoms with E-state index in [9.17, 15) is 4.79 Å². The van der Waals surface area contributed by atoms with Gasteiger partial charge in [0.25, 0.3) is 0 Å². The molecule has 0 bridgehead atoms. The van der Waals surface area contributed by atoms with Crippen LogP contribution in [0.5, 0.6) is 0 Å². The van der Waals surface area contributed by atoms with Crippen LogP contribution in [0, 0.1) is 18.8 Å². The van der Waals surface area contributed by atoms with Crippen LogP contribution in [-0.2, 0) is 11.3 Å². The SMILES string of the molecule is COC(=O)c1cn(Cc2cnc(N3CC4CC4C3)nc2C)c2ncncc12. The Balaban J connectivity index is 1.45. The van der Waals surface area contributed by atoms with Crippen molar-refractivity contribution in [2.45, 2.75) is 19.9 Å². The molecule has 0 radical (unpaired) electrons. The first-order chi connectivity index (χ1) is 13.1. The van der Waals surface area contributed by atoms with E-state index in [2.05, 4.69) is 19.9 Å². The second-order valence-electron chi connectivity index (χ2n) is 7.36. The van der Waals surface area contributed by atoms with Gasteiger partial charge in [0.2, 0.25) is 5.95 Å². The Morgan fingerprint density at radius 1 is 1.26 bits per heavy atom. The van der Waals surface area contributed by atoms with Gasteiger partial charge in [-0.3, -0.25) is 0 Å². The summed E-state index contributed by atoms with van der Waals surface area (Å²) in [4.78, 5) is 32.0. The average molecular weight is 364 g/mol. The molecule has 4 heterocycles. The first-order valence-corrected chi connectivity index (χ1v) is 9.08. The lowest BCUT2D eigenvalue weighted by atomic mass is 10.2. The topological polar surface area (TPSA) is 86.0 Å². The summed E-state index contributed by atoms with van der Waals surface area (Å²) in [5.74, 6) is 2.11. The van der Waals surface area contributed by atoms with E-state index in [1.165, 1.54) is 19.9 Å². The predicted molar refractivity (Wildman–Crippen MR) is 98.5 cm³/mol. The van der Waals surface area contributed by atoms with Crippen molar-refractivity contribution in [3.05, 3.63) is 41.7 Å². The van der Waals surface area contributed by atoms with Crippen molar-refractivity contribution in [3.8, 4) is 0 Å². The van der Waals surface area contributed by atoms with Crippen LogP contribution in [0.15, 0.2) is 24.9 Å². The largest absolute Gasteiger partial charge is 0.465 e. The lowest BCUT2D eigenvalue weighted by Gasteiger charge is -2.18. The summed E-state index contributed by atoms with van der Waals surface area (Å²) in [5.41, 5.74) is 3.08. The molecule has 2 fully saturated rings. The van der Waals surface area contributed by atoms with E-state index in [0.717, 1.165) is 42.1 Å². The summed E-state index contributed by atoms with van der Waals surface area (Å²) in [7, 11) is 1.37. The number of hydrogen-bond acceptors (Lipinski definition) is 7. The van der Waals surface area contributed by atoms with Crippen molar-refractivity contribution < 1.29 is 9.53 Å². The van der Waals surface area contributed by atoms with Crippen molar-refractivity contribution in [1.29, 1.82) is 0 Å². The minimum atomic E-state index is -0.399. The number of carbonyl (C=O) groups excluding carboxylic acids is 1. The highest BCUT2D eigenvalue weighted by atomic mass is 16.5. The molecule has 138 valence electrons. The first kappa shape index (κ1) is 16.2. The number of piperidine rings is 1. The van der Waals surface area contributed by atoms with Gasteiger partial charge in [0.1, 0.15) is 12.0 Å². The smallest absolute Gasteiger partial charge is 0.340 e. The molecule has 1 aliphatic heterocycles. The van der Waals surface area contributed by atoms with Crippen molar-refractivity contribution in [2.24, 2.45) is 11.8 Å².